The van der Waals surface area contributed by atoms with Crippen molar-refractivity contribution >= 4 is 28.0 Å². The fraction of sp³-hybridized carbons (Fsp3) is 0.368. The molecule has 0 N–H and O–H groups in total. The van der Waals surface area contributed by atoms with Crippen LogP contribution in [0.5, 0.6) is 5.88 Å². The van der Waals surface area contributed by atoms with Crippen molar-refractivity contribution in [3.8, 4) is 5.88 Å². The smallest absolute Gasteiger partial charge is 0.228 e. The lowest BCUT2D eigenvalue weighted by molar-refractivity contribution is 0.214. The predicted octanol–water partition coefficient (Wildman–Crippen LogP) is 5.57. The summed E-state index contributed by atoms with van der Waals surface area (Å²) in [5.74, 6) is -0.931. The number of hydrogen-bond donors (Lipinski definition) is 0. The number of aliphatic imine (C=N–C) groups is 1. The number of pyridine rings is 1. The molecule has 0 saturated heterocycles. The summed E-state index contributed by atoms with van der Waals surface area (Å²) in [6, 6.07) is 5.14. The Hall–Kier alpha value is -2.02. The maximum Gasteiger partial charge on any atom is 0.228 e. The van der Waals surface area contributed by atoms with Gasteiger partial charge >= 0.3 is 0 Å². The van der Waals surface area contributed by atoms with E-state index < -0.39 is 17.7 Å². The number of aryl methyl sites for hydroxylation is 1. The summed E-state index contributed by atoms with van der Waals surface area (Å²) in [5, 5.41) is 0. The molecular formula is C19H22BrF2N3O. The molecule has 1 aromatic carbocycles. The van der Waals surface area contributed by atoms with Crippen LogP contribution in [0.2, 0.25) is 0 Å². The Morgan fingerprint density at radius 3 is 2.54 bits per heavy atom. The van der Waals surface area contributed by atoms with Crippen molar-refractivity contribution in [2.24, 2.45) is 4.99 Å². The first kappa shape index (κ1) is 20.3. The highest BCUT2D eigenvalue weighted by molar-refractivity contribution is 9.10. The van der Waals surface area contributed by atoms with Crippen LogP contribution in [0.4, 0.5) is 14.5 Å². The number of nitrogens with zero attached hydrogens (tertiary/aromatic N) is 3. The lowest BCUT2D eigenvalue weighted by atomic mass is 10.1. The van der Waals surface area contributed by atoms with Crippen LogP contribution < -0.4 is 4.74 Å². The summed E-state index contributed by atoms with van der Waals surface area (Å²) in [4.78, 5) is 10.9. The summed E-state index contributed by atoms with van der Waals surface area (Å²) in [5.41, 5.74) is 1.82. The maximum absolute atomic E-state index is 13.4. The SMILES string of the molecule is CCCN(C)C=Nc1cc(Br)c(OC(C)c2cc(F)cc(F)c2)nc1C. The molecule has 7 heteroatoms. The Morgan fingerprint density at radius 1 is 1.27 bits per heavy atom. The standard InChI is InChI=1S/C19H22BrF2N3O/c1-5-6-25(4)11-23-18-10-17(20)19(24-12(18)2)26-13(3)14-7-15(21)9-16(22)8-14/h7-11,13H,5-6H2,1-4H3. The lowest BCUT2D eigenvalue weighted by Gasteiger charge is -2.17. The summed E-state index contributed by atoms with van der Waals surface area (Å²) in [7, 11) is 1.96. The number of halogens is 3. The number of rotatable bonds is 7. The van der Waals surface area contributed by atoms with Gasteiger partial charge in [-0.1, -0.05) is 6.92 Å². The zero-order valence-corrected chi connectivity index (χ0v) is 16.8. The van der Waals surface area contributed by atoms with Crippen molar-refractivity contribution in [1.82, 2.24) is 9.88 Å². The average Bonchev–Trinajstić information content (AvgIpc) is 2.56. The Balaban J connectivity index is 2.19. The molecular weight excluding hydrogens is 404 g/mol. The number of ether oxygens (including phenoxy) is 1. The molecule has 140 valence electrons. The van der Waals surface area contributed by atoms with Crippen LogP contribution >= 0.6 is 15.9 Å². The van der Waals surface area contributed by atoms with E-state index >= 15 is 0 Å². The molecule has 1 heterocycles. The second-order valence-corrected chi connectivity index (χ2v) is 6.92. The van der Waals surface area contributed by atoms with E-state index in [0.29, 0.717) is 21.6 Å². The Labute approximate surface area is 161 Å². The minimum absolute atomic E-state index is 0.348. The van der Waals surface area contributed by atoms with E-state index in [2.05, 4.69) is 32.8 Å². The van der Waals surface area contributed by atoms with Gasteiger partial charge in [0.2, 0.25) is 5.88 Å². The van der Waals surface area contributed by atoms with Gasteiger partial charge in [-0.05, 0) is 60.0 Å². The number of benzene rings is 1. The minimum Gasteiger partial charge on any atom is -0.469 e. The third-order valence-corrected chi connectivity index (χ3v) is 4.29. The van der Waals surface area contributed by atoms with E-state index in [0.717, 1.165) is 24.7 Å². The van der Waals surface area contributed by atoms with Crippen LogP contribution in [0.1, 0.15) is 37.6 Å². The normalized spacial score (nSPS) is 12.4. The summed E-state index contributed by atoms with van der Waals surface area (Å²) < 4.78 is 33.2. The van der Waals surface area contributed by atoms with Crippen molar-refractivity contribution in [2.45, 2.75) is 33.3 Å². The van der Waals surface area contributed by atoms with Gasteiger partial charge in [0.1, 0.15) is 17.7 Å². The van der Waals surface area contributed by atoms with Crippen molar-refractivity contribution in [3.63, 3.8) is 0 Å². The number of aromatic nitrogens is 1. The van der Waals surface area contributed by atoms with Gasteiger partial charge in [-0.2, -0.15) is 0 Å². The van der Waals surface area contributed by atoms with Crippen LogP contribution in [0.15, 0.2) is 33.7 Å². The highest BCUT2D eigenvalue weighted by Crippen LogP contribution is 2.32. The Morgan fingerprint density at radius 2 is 1.92 bits per heavy atom. The first-order chi connectivity index (χ1) is 12.3. The summed E-state index contributed by atoms with van der Waals surface area (Å²) in [6.07, 6.45) is 2.24. The molecule has 4 nitrogen and oxygen atoms in total. The van der Waals surface area contributed by atoms with Gasteiger partial charge in [0.25, 0.3) is 0 Å². The van der Waals surface area contributed by atoms with Crippen molar-refractivity contribution in [1.29, 1.82) is 0 Å². The summed E-state index contributed by atoms with van der Waals surface area (Å²) >= 11 is 3.43. The molecule has 0 aliphatic rings. The first-order valence-electron chi connectivity index (χ1n) is 8.34. The van der Waals surface area contributed by atoms with Crippen molar-refractivity contribution < 1.29 is 13.5 Å². The van der Waals surface area contributed by atoms with Gasteiger partial charge in [-0.25, -0.2) is 18.8 Å². The highest BCUT2D eigenvalue weighted by atomic mass is 79.9. The van der Waals surface area contributed by atoms with Crippen LogP contribution in [-0.2, 0) is 0 Å². The van der Waals surface area contributed by atoms with Crippen LogP contribution in [0.25, 0.3) is 0 Å². The molecule has 1 atom stereocenters. The molecule has 2 rings (SSSR count). The highest BCUT2D eigenvalue weighted by Gasteiger charge is 2.15. The molecule has 0 spiro atoms. The molecule has 0 aliphatic carbocycles. The fourth-order valence-electron chi connectivity index (χ4n) is 2.38. The lowest BCUT2D eigenvalue weighted by Crippen LogP contribution is -2.16. The number of hydrogen-bond acceptors (Lipinski definition) is 3. The molecule has 0 radical (unpaired) electrons. The predicted molar refractivity (Wildman–Crippen MR) is 103 cm³/mol. The first-order valence-corrected chi connectivity index (χ1v) is 9.13. The van der Waals surface area contributed by atoms with E-state index in [1.165, 1.54) is 12.1 Å². The minimum atomic E-state index is -0.639. The molecule has 0 amide bonds. The monoisotopic (exact) mass is 425 g/mol. The maximum atomic E-state index is 13.4. The van der Waals surface area contributed by atoms with E-state index in [9.17, 15) is 8.78 Å². The van der Waals surface area contributed by atoms with Crippen molar-refractivity contribution in [3.05, 3.63) is 51.6 Å². The molecule has 0 fully saturated rings. The fourth-order valence-corrected chi connectivity index (χ4v) is 2.78. The third-order valence-electron chi connectivity index (χ3n) is 3.72. The van der Waals surface area contributed by atoms with Gasteiger partial charge in [-0.15, -0.1) is 0 Å². The van der Waals surface area contributed by atoms with E-state index in [1.807, 2.05) is 24.9 Å². The van der Waals surface area contributed by atoms with Crippen molar-refractivity contribution in [2.75, 3.05) is 13.6 Å². The van der Waals surface area contributed by atoms with Gasteiger partial charge in [0, 0.05) is 19.7 Å². The molecule has 0 aliphatic heterocycles. The molecule has 26 heavy (non-hydrogen) atoms. The zero-order valence-electron chi connectivity index (χ0n) is 15.3. The van der Waals surface area contributed by atoms with Gasteiger partial charge in [0.15, 0.2) is 0 Å². The molecule has 1 aromatic heterocycles. The molecule has 1 unspecified atom stereocenters. The zero-order chi connectivity index (χ0) is 19.3. The van der Waals surface area contributed by atoms with E-state index in [4.69, 9.17) is 4.74 Å². The van der Waals surface area contributed by atoms with E-state index in [-0.39, 0.29) is 0 Å². The van der Waals surface area contributed by atoms with E-state index in [1.54, 1.807) is 13.3 Å². The summed E-state index contributed by atoms with van der Waals surface area (Å²) in [6.45, 7) is 6.56. The van der Waals surface area contributed by atoms with Crippen LogP contribution in [0.3, 0.4) is 0 Å². The topological polar surface area (TPSA) is 37.7 Å². The van der Waals surface area contributed by atoms with Gasteiger partial charge < -0.3 is 9.64 Å². The molecule has 0 saturated carbocycles. The Bertz CT molecular complexity index is 778. The quantitative estimate of drug-likeness (QED) is 0.429. The van der Waals surface area contributed by atoms with Crippen LogP contribution in [0, 0.1) is 18.6 Å². The second-order valence-electron chi connectivity index (χ2n) is 6.07. The van der Waals surface area contributed by atoms with Gasteiger partial charge in [0.05, 0.1) is 22.2 Å². The largest absolute Gasteiger partial charge is 0.469 e. The average molecular weight is 426 g/mol. The van der Waals surface area contributed by atoms with Gasteiger partial charge in [-0.3, -0.25) is 0 Å². The molecule has 2 aromatic rings. The van der Waals surface area contributed by atoms with Crippen LogP contribution in [-0.4, -0.2) is 29.8 Å². The Kier molecular flexibility index (Phi) is 7.08. The molecule has 0 bridgehead atoms. The second kappa shape index (κ2) is 9.07. The third kappa shape index (κ3) is 5.49.